The molecule has 0 radical (unpaired) electrons. The fraction of sp³-hybridized carbons (Fsp3) is 0.357. The summed E-state index contributed by atoms with van der Waals surface area (Å²) in [5.74, 6) is 1.16. The Morgan fingerprint density at radius 3 is 2.69 bits per heavy atom. The summed E-state index contributed by atoms with van der Waals surface area (Å²) in [6.45, 7) is 6.85. The minimum absolute atomic E-state index is 0.00798. The van der Waals surface area contributed by atoms with E-state index in [4.69, 9.17) is 9.47 Å². The number of ether oxygens (including phenoxy) is 2. The molecule has 0 saturated carbocycles. The summed E-state index contributed by atoms with van der Waals surface area (Å²) in [6.07, 6.45) is 0.811. The van der Waals surface area contributed by atoms with E-state index in [1.165, 1.54) is 4.88 Å². The molecule has 6 nitrogen and oxygen atoms in total. The minimum atomic E-state index is -0.196. The molecule has 2 heterocycles. The van der Waals surface area contributed by atoms with Crippen LogP contribution in [0.3, 0.4) is 0 Å². The van der Waals surface area contributed by atoms with Gasteiger partial charge in [0.1, 0.15) is 24.7 Å². The van der Waals surface area contributed by atoms with Crippen molar-refractivity contribution in [2.75, 3.05) is 26.8 Å². The molecule has 35 heavy (non-hydrogen) atoms. The van der Waals surface area contributed by atoms with Gasteiger partial charge in [0.05, 0.1) is 13.2 Å². The third-order valence-corrected chi connectivity index (χ3v) is 7.41. The van der Waals surface area contributed by atoms with E-state index in [0.717, 1.165) is 23.3 Å². The average molecular weight is 493 g/mol. The van der Waals surface area contributed by atoms with Crippen molar-refractivity contribution in [1.82, 2.24) is 9.80 Å². The van der Waals surface area contributed by atoms with Gasteiger partial charge < -0.3 is 19.3 Å². The van der Waals surface area contributed by atoms with E-state index in [2.05, 4.69) is 11.4 Å². The molecule has 1 aromatic heterocycles. The van der Waals surface area contributed by atoms with Crippen LogP contribution in [-0.2, 0) is 11.2 Å². The first-order chi connectivity index (χ1) is 16.9. The zero-order chi connectivity index (χ0) is 24.9. The highest BCUT2D eigenvalue weighted by atomic mass is 32.1. The van der Waals surface area contributed by atoms with Crippen LogP contribution in [0, 0.1) is 6.92 Å². The number of nitrogens with zero attached hydrogens (tertiary/aromatic N) is 2. The van der Waals surface area contributed by atoms with Crippen LogP contribution in [0.2, 0.25) is 0 Å². The third kappa shape index (κ3) is 5.51. The molecule has 0 aliphatic carbocycles. The maximum absolute atomic E-state index is 13.6. The Balaban J connectivity index is 1.54. The molecule has 2 aromatic carbocycles. The van der Waals surface area contributed by atoms with Crippen molar-refractivity contribution < 1.29 is 19.1 Å². The van der Waals surface area contributed by atoms with Crippen LogP contribution in [0.4, 0.5) is 0 Å². The molecule has 0 fully saturated rings. The van der Waals surface area contributed by atoms with Crippen molar-refractivity contribution in [2.24, 2.45) is 0 Å². The van der Waals surface area contributed by atoms with E-state index < -0.39 is 0 Å². The first-order valence-corrected chi connectivity index (χ1v) is 12.8. The van der Waals surface area contributed by atoms with Crippen molar-refractivity contribution >= 4 is 23.2 Å². The van der Waals surface area contributed by atoms with Crippen LogP contribution in [0.1, 0.15) is 46.3 Å². The van der Waals surface area contributed by atoms with E-state index in [1.54, 1.807) is 47.6 Å². The Morgan fingerprint density at radius 1 is 1.14 bits per heavy atom. The summed E-state index contributed by atoms with van der Waals surface area (Å²) in [6, 6.07) is 16.7. The summed E-state index contributed by atoms with van der Waals surface area (Å²) in [5.41, 5.74) is 2.70. The van der Waals surface area contributed by atoms with Gasteiger partial charge in [-0.3, -0.25) is 9.59 Å². The van der Waals surface area contributed by atoms with Gasteiger partial charge in [-0.1, -0.05) is 24.3 Å². The lowest BCUT2D eigenvalue weighted by molar-refractivity contribution is -0.136. The molecule has 0 unspecified atom stereocenters. The van der Waals surface area contributed by atoms with Crippen LogP contribution >= 0.6 is 11.3 Å². The molecular formula is C28H32N2O4S. The number of fused-ring (bicyclic) bond motifs is 1. The van der Waals surface area contributed by atoms with Gasteiger partial charge >= 0.3 is 0 Å². The van der Waals surface area contributed by atoms with Gasteiger partial charge in [0.2, 0.25) is 5.91 Å². The first-order valence-electron chi connectivity index (χ1n) is 11.9. The quantitative estimate of drug-likeness (QED) is 0.438. The number of carbonyl (C=O) groups is 2. The lowest BCUT2D eigenvalue weighted by Gasteiger charge is -2.37. The van der Waals surface area contributed by atoms with Crippen LogP contribution < -0.4 is 9.47 Å². The van der Waals surface area contributed by atoms with E-state index in [0.29, 0.717) is 24.5 Å². The Morgan fingerprint density at radius 2 is 1.94 bits per heavy atom. The number of hydrogen-bond donors (Lipinski definition) is 0. The molecular weight excluding hydrogens is 460 g/mol. The number of benzene rings is 2. The standard InChI is InChI=1S/C28H32N2O4S/c1-19(2)30(28(32)21-9-7-10-22(16-21)33-4)17-27(31)29-14-12-26-23(13-15-35-26)24(29)18-34-25-11-6-5-8-20(25)3/h5-11,13,15-16,19,24H,12,14,17-18H2,1-4H3/t24-/m1/s1. The second-order valence-electron chi connectivity index (χ2n) is 8.99. The number of amides is 2. The van der Waals surface area contributed by atoms with Gasteiger partial charge in [0.25, 0.3) is 5.91 Å². The maximum Gasteiger partial charge on any atom is 0.254 e. The maximum atomic E-state index is 13.6. The molecule has 0 N–H and O–H groups in total. The summed E-state index contributed by atoms with van der Waals surface area (Å²) in [7, 11) is 1.57. The van der Waals surface area contributed by atoms with E-state index in [9.17, 15) is 9.59 Å². The van der Waals surface area contributed by atoms with Crippen LogP contribution in [0.25, 0.3) is 0 Å². The molecule has 3 aromatic rings. The van der Waals surface area contributed by atoms with Crippen molar-refractivity contribution in [1.29, 1.82) is 0 Å². The number of carbonyl (C=O) groups excluding carboxylic acids is 2. The van der Waals surface area contributed by atoms with E-state index in [-0.39, 0.29) is 30.4 Å². The van der Waals surface area contributed by atoms with Crippen molar-refractivity contribution in [3.8, 4) is 11.5 Å². The zero-order valence-electron chi connectivity index (χ0n) is 20.7. The first kappa shape index (κ1) is 24.8. The lowest BCUT2D eigenvalue weighted by atomic mass is 10.00. The largest absolute Gasteiger partial charge is 0.497 e. The Labute approximate surface area is 211 Å². The van der Waals surface area contributed by atoms with Gasteiger partial charge in [-0.05, 0) is 74.0 Å². The molecule has 0 saturated heterocycles. The van der Waals surface area contributed by atoms with Crippen molar-refractivity contribution in [2.45, 2.75) is 39.3 Å². The number of aryl methyl sites for hydroxylation is 1. The number of methoxy groups -OCH3 is 1. The third-order valence-electron chi connectivity index (χ3n) is 6.41. The molecule has 1 aliphatic rings. The second-order valence-corrected chi connectivity index (χ2v) is 9.99. The smallest absolute Gasteiger partial charge is 0.254 e. The normalized spacial score (nSPS) is 15.0. The molecule has 1 atom stereocenters. The molecule has 2 amide bonds. The lowest BCUT2D eigenvalue weighted by Crippen LogP contribution is -2.49. The van der Waals surface area contributed by atoms with Crippen molar-refractivity contribution in [3.05, 3.63) is 81.5 Å². The van der Waals surface area contributed by atoms with Gasteiger partial charge in [0.15, 0.2) is 0 Å². The highest BCUT2D eigenvalue weighted by Gasteiger charge is 2.34. The summed E-state index contributed by atoms with van der Waals surface area (Å²) < 4.78 is 11.5. The second kappa shape index (κ2) is 11.0. The number of para-hydroxylation sites is 1. The molecule has 7 heteroatoms. The van der Waals surface area contributed by atoms with Gasteiger partial charge in [-0.15, -0.1) is 11.3 Å². The molecule has 4 rings (SSSR count). The molecule has 0 bridgehead atoms. The fourth-order valence-corrected chi connectivity index (χ4v) is 5.34. The van der Waals surface area contributed by atoms with Crippen LogP contribution in [0.15, 0.2) is 60.0 Å². The van der Waals surface area contributed by atoms with Crippen molar-refractivity contribution in [3.63, 3.8) is 0 Å². The highest BCUT2D eigenvalue weighted by molar-refractivity contribution is 7.10. The summed E-state index contributed by atoms with van der Waals surface area (Å²) in [4.78, 5) is 31.8. The molecule has 0 spiro atoms. The summed E-state index contributed by atoms with van der Waals surface area (Å²) >= 11 is 1.72. The number of thiophene rings is 1. The number of rotatable bonds is 8. The zero-order valence-corrected chi connectivity index (χ0v) is 21.5. The predicted octanol–water partition coefficient (Wildman–Crippen LogP) is 5.12. The number of hydrogen-bond acceptors (Lipinski definition) is 5. The van der Waals surface area contributed by atoms with Crippen LogP contribution in [-0.4, -0.2) is 54.5 Å². The van der Waals surface area contributed by atoms with E-state index in [1.807, 2.05) is 49.9 Å². The van der Waals surface area contributed by atoms with Gasteiger partial charge in [-0.25, -0.2) is 0 Å². The fourth-order valence-electron chi connectivity index (χ4n) is 4.41. The average Bonchev–Trinajstić information content (AvgIpc) is 3.35. The SMILES string of the molecule is COc1cccc(C(=O)N(CC(=O)N2CCc3sccc3[C@H]2COc2ccccc2C)C(C)C)c1. The highest BCUT2D eigenvalue weighted by Crippen LogP contribution is 2.34. The molecule has 1 aliphatic heterocycles. The topological polar surface area (TPSA) is 59.1 Å². The van der Waals surface area contributed by atoms with Gasteiger partial charge in [0, 0.05) is 23.0 Å². The van der Waals surface area contributed by atoms with Crippen LogP contribution in [0.5, 0.6) is 11.5 Å². The Kier molecular flexibility index (Phi) is 7.76. The van der Waals surface area contributed by atoms with Gasteiger partial charge in [-0.2, -0.15) is 0 Å². The monoisotopic (exact) mass is 492 g/mol. The van der Waals surface area contributed by atoms with E-state index >= 15 is 0 Å². The minimum Gasteiger partial charge on any atom is -0.497 e. The Hall–Kier alpha value is -3.32. The Bertz CT molecular complexity index is 1190. The summed E-state index contributed by atoms with van der Waals surface area (Å²) in [5, 5.41) is 2.08. The molecule has 184 valence electrons. The predicted molar refractivity (Wildman–Crippen MR) is 138 cm³/mol.